The maximum atomic E-state index is 12.5. The Morgan fingerprint density at radius 3 is 2.73 bits per heavy atom. The molecule has 0 radical (unpaired) electrons. The molecule has 3 aromatic rings. The van der Waals surface area contributed by atoms with Gasteiger partial charge >= 0.3 is 0 Å². The zero-order chi connectivity index (χ0) is 22.6. The number of amides is 2. The second-order valence-electron chi connectivity index (χ2n) is 8.88. The molecular weight excluding hydrogens is 416 g/mol. The van der Waals surface area contributed by atoms with Crippen LogP contribution in [0.4, 0.5) is 5.69 Å². The number of carbonyl (C=O) groups is 2. The first-order valence-electron chi connectivity index (χ1n) is 11.8. The molecule has 3 heterocycles. The SMILES string of the molecule is O=C(CCN1CCNCC1)Nc1cccc(-c2cn3cc(C(=O)NC4CCC4)ccc3n2)c1. The minimum Gasteiger partial charge on any atom is -0.349 e. The first-order valence-corrected chi connectivity index (χ1v) is 11.8. The summed E-state index contributed by atoms with van der Waals surface area (Å²) in [4.78, 5) is 31.9. The number of piperazine rings is 1. The molecule has 1 aliphatic heterocycles. The minimum absolute atomic E-state index is 0.0165. The Morgan fingerprint density at radius 2 is 1.94 bits per heavy atom. The van der Waals surface area contributed by atoms with Crippen LogP contribution in [0.15, 0.2) is 48.8 Å². The van der Waals surface area contributed by atoms with Gasteiger partial charge in [-0.15, -0.1) is 0 Å². The fraction of sp³-hybridized carbons (Fsp3) is 0.400. The lowest BCUT2D eigenvalue weighted by atomic mass is 9.93. The molecule has 2 amide bonds. The van der Waals surface area contributed by atoms with Crippen LogP contribution in [-0.2, 0) is 4.79 Å². The third-order valence-corrected chi connectivity index (χ3v) is 6.46. The number of benzene rings is 1. The third-order valence-electron chi connectivity index (χ3n) is 6.46. The van der Waals surface area contributed by atoms with Crippen LogP contribution >= 0.6 is 0 Å². The number of aromatic nitrogens is 2. The average molecular weight is 447 g/mol. The molecule has 1 aromatic carbocycles. The summed E-state index contributed by atoms with van der Waals surface area (Å²) in [6.45, 7) is 4.71. The topological polar surface area (TPSA) is 90.8 Å². The van der Waals surface area contributed by atoms with Crippen molar-refractivity contribution >= 4 is 23.1 Å². The number of imidazole rings is 1. The second kappa shape index (κ2) is 9.72. The summed E-state index contributed by atoms with van der Waals surface area (Å²) in [5, 5.41) is 9.41. The van der Waals surface area contributed by atoms with Crippen LogP contribution < -0.4 is 16.0 Å². The van der Waals surface area contributed by atoms with Crippen molar-refractivity contribution in [2.75, 3.05) is 38.0 Å². The molecule has 0 spiro atoms. The highest BCUT2D eigenvalue weighted by Gasteiger charge is 2.20. The maximum absolute atomic E-state index is 12.5. The van der Waals surface area contributed by atoms with Crippen molar-refractivity contribution in [1.82, 2.24) is 24.9 Å². The van der Waals surface area contributed by atoms with E-state index in [-0.39, 0.29) is 11.8 Å². The number of nitrogens with one attached hydrogen (secondary N) is 3. The van der Waals surface area contributed by atoms with E-state index >= 15 is 0 Å². The Morgan fingerprint density at radius 1 is 1.09 bits per heavy atom. The molecule has 0 atom stereocenters. The summed E-state index contributed by atoms with van der Waals surface area (Å²) >= 11 is 0. The van der Waals surface area contributed by atoms with Crippen molar-refractivity contribution in [3.63, 3.8) is 0 Å². The van der Waals surface area contributed by atoms with Gasteiger partial charge in [-0.2, -0.15) is 0 Å². The van der Waals surface area contributed by atoms with Gasteiger partial charge in [0.1, 0.15) is 5.65 Å². The van der Waals surface area contributed by atoms with Crippen molar-refractivity contribution in [2.24, 2.45) is 0 Å². The molecule has 0 bridgehead atoms. The van der Waals surface area contributed by atoms with Crippen molar-refractivity contribution in [1.29, 1.82) is 0 Å². The smallest absolute Gasteiger partial charge is 0.252 e. The first kappa shape index (κ1) is 21.6. The summed E-state index contributed by atoms with van der Waals surface area (Å²) in [6, 6.07) is 11.7. The maximum Gasteiger partial charge on any atom is 0.252 e. The van der Waals surface area contributed by atoms with Gasteiger partial charge in [0.2, 0.25) is 5.91 Å². The van der Waals surface area contributed by atoms with Gasteiger partial charge in [-0.3, -0.25) is 9.59 Å². The van der Waals surface area contributed by atoms with Gasteiger partial charge in [-0.05, 0) is 43.5 Å². The Labute approximate surface area is 193 Å². The summed E-state index contributed by atoms with van der Waals surface area (Å²) < 4.78 is 1.88. The molecule has 5 rings (SSSR count). The van der Waals surface area contributed by atoms with E-state index in [4.69, 9.17) is 4.98 Å². The van der Waals surface area contributed by atoms with Gasteiger partial charge in [0, 0.05) is 68.8 Å². The lowest BCUT2D eigenvalue weighted by Gasteiger charge is -2.26. The summed E-state index contributed by atoms with van der Waals surface area (Å²) in [5.74, 6) is -0.0230. The highest BCUT2D eigenvalue weighted by molar-refractivity contribution is 5.94. The standard InChI is InChI=1S/C25H30N6O2/c32-24(9-12-30-13-10-26-11-14-30)27-21-6-1-3-18(15-21)22-17-31-16-19(7-8-23(31)29-22)25(33)28-20-4-2-5-20/h1,3,6-8,15-17,20,26H,2,4-5,9-14H2,(H,27,32)(H,28,33). The van der Waals surface area contributed by atoms with Gasteiger partial charge < -0.3 is 25.3 Å². The highest BCUT2D eigenvalue weighted by atomic mass is 16.2. The molecule has 2 aromatic heterocycles. The number of nitrogens with zero attached hydrogens (tertiary/aromatic N) is 3. The number of carbonyl (C=O) groups excluding carboxylic acids is 2. The number of rotatable bonds is 7. The van der Waals surface area contributed by atoms with Crippen LogP contribution in [-0.4, -0.2) is 64.9 Å². The number of hydrogen-bond acceptors (Lipinski definition) is 5. The van der Waals surface area contributed by atoms with Crippen LogP contribution in [0, 0.1) is 0 Å². The highest BCUT2D eigenvalue weighted by Crippen LogP contribution is 2.23. The monoisotopic (exact) mass is 446 g/mol. The van der Waals surface area contributed by atoms with E-state index in [0.717, 1.165) is 68.2 Å². The van der Waals surface area contributed by atoms with E-state index in [9.17, 15) is 9.59 Å². The second-order valence-corrected chi connectivity index (χ2v) is 8.88. The third kappa shape index (κ3) is 5.23. The lowest BCUT2D eigenvalue weighted by Crippen LogP contribution is -2.44. The van der Waals surface area contributed by atoms with Gasteiger partial charge in [0.05, 0.1) is 11.3 Å². The summed E-state index contributed by atoms with van der Waals surface area (Å²) in [6.07, 6.45) is 7.52. The minimum atomic E-state index is -0.0395. The molecule has 8 nitrogen and oxygen atoms in total. The predicted octanol–water partition coefficient (Wildman–Crippen LogP) is 2.52. The van der Waals surface area contributed by atoms with Crippen LogP contribution in [0.5, 0.6) is 0 Å². The van der Waals surface area contributed by atoms with Gasteiger partial charge in [-0.1, -0.05) is 12.1 Å². The lowest BCUT2D eigenvalue weighted by molar-refractivity contribution is -0.116. The number of pyridine rings is 1. The van der Waals surface area contributed by atoms with E-state index < -0.39 is 0 Å². The van der Waals surface area contributed by atoms with Crippen LogP contribution in [0.2, 0.25) is 0 Å². The van der Waals surface area contributed by atoms with Crippen LogP contribution in [0.3, 0.4) is 0 Å². The van der Waals surface area contributed by atoms with Crippen molar-refractivity contribution in [3.8, 4) is 11.3 Å². The van der Waals surface area contributed by atoms with Crippen molar-refractivity contribution in [3.05, 3.63) is 54.4 Å². The molecule has 2 aliphatic rings. The molecule has 1 saturated heterocycles. The van der Waals surface area contributed by atoms with Crippen LogP contribution in [0.1, 0.15) is 36.0 Å². The normalized spacial score (nSPS) is 17.0. The molecule has 0 unspecified atom stereocenters. The molecule has 2 fully saturated rings. The van der Waals surface area contributed by atoms with Gasteiger partial charge in [-0.25, -0.2) is 4.98 Å². The van der Waals surface area contributed by atoms with Gasteiger partial charge in [0.15, 0.2) is 0 Å². The Kier molecular flexibility index (Phi) is 6.37. The van der Waals surface area contributed by atoms with E-state index in [2.05, 4.69) is 20.9 Å². The number of fused-ring (bicyclic) bond motifs is 1. The predicted molar refractivity (Wildman–Crippen MR) is 128 cm³/mol. The van der Waals surface area contributed by atoms with Crippen LogP contribution in [0.25, 0.3) is 16.9 Å². The number of anilines is 1. The fourth-order valence-electron chi connectivity index (χ4n) is 4.26. The zero-order valence-electron chi connectivity index (χ0n) is 18.7. The largest absolute Gasteiger partial charge is 0.349 e. The quantitative estimate of drug-likeness (QED) is 0.519. The Bertz CT molecular complexity index is 1150. The Hall–Kier alpha value is -3.23. The molecular formula is C25H30N6O2. The van der Waals surface area contributed by atoms with Crippen molar-refractivity contribution in [2.45, 2.75) is 31.7 Å². The molecule has 33 heavy (non-hydrogen) atoms. The zero-order valence-corrected chi connectivity index (χ0v) is 18.7. The van der Waals surface area contributed by atoms with Crippen molar-refractivity contribution < 1.29 is 9.59 Å². The van der Waals surface area contributed by atoms with E-state index in [0.29, 0.717) is 18.0 Å². The molecule has 1 saturated carbocycles. The van der Waals surface area contributed by atoms with E-state index in [1.165, 1.54) is 6.42 Å². The molecule has 8 heteroatoms. The van der Waals surface area contributed by atoms with E-state index in [1.807, 2.05) is 53.2 Å². The number of hydrogen-bond donors (Lipinski definition) is 3. The average Bonchev–Trinajstić information content (AvgIpc) is 3.24. The van der Waals surface area contributed by atoms with E-state index in [1.54, 1.807) is 0 Å². The summed E-state index contributed by atoms with van der Waals surface area (Å²) in [7, 11) is 0. The van der Waals surface area contributed by atoms with Gasteiger partial charge in [0.25, 0.3) is 5.91 Å². The molecule has 3 N–H and O–H groups in total. The molecule has 172 valence electrons. The fourth-order valence-corrected chi connectivity index (χ4v) is 4.26. The summed E-state index contributed by atoms with van der Waals surface area (Å²) in [5.41, 5.74) is 3.87. The molecule has 1 aliphatic carbocycles. The first-order chi connectivity index (χ1) is 16.1. The Balaban J connectivity index is 1.25.